The molecule has 0 aromatic heterocycles. The number of rotatable bonds is 2. The van der Waals surface area contributed by atoms with E-state index in [9.17, 15) is 0 Å². The fourth-order valence-electron chi connectivity index (χ4n) is 3.05. The second kappa shape index (κ2) is 5.19. The van der Waals surface area contributed by atoms with Gasteiger partial charge in [-0.05, 0) is 43.4 Å². The summed E-state index contributed by atoms with van der Waals surface area (Å²) in [7, 11) is 0. The summed E-state index contributed by atoms with van der Waals surface area (Å²) in [5.41, 5.74) is 2.80. The van der Waals surface area contributed by atoms with Crippen molar-refractivity contribution >= 4 is 0 Å². The van der Waals surface area contributed by atoms with E-state index in [0.29, 0.717) is 19.1 Å². The van der Waals surface area contributed by atoms with Crippen LogP contribution in [0.25, 0.3) is 0 Å². The van der Waals surface area contributed by atoms with E-state index >= 15 is 0 Å². The number of piperidine rings is 1. The zero-order chi connectivity index (χ0) is 12.4. The lowest BCUT2D eigenvalue weighted by atomic mass is 9.87. The Hall–Kier alpha value is -1.22. The van der Waals surface area contributed by atoms with Gasteiger partial charge in [0.25, 0.3) is 0 Å². The minimum absolute atomic E-state index is 0.629. The number of hydrogen-bond donors (Lipinski definition) is 1. The van der Waals surface area contributed by atoms with Crippen LogP contribution in [0.15, 0.2) is 12.1 Å². The van der Waals surface area contributed by atoms with Crippen LogP contribution in [0.4, 0.5) is 0 Å². The van der Waals surface area contributed by atoms with Gasteiger partial charge in [0.05, 0.1) is 0 Å². The SMILES string of the molecule is CCc1c(C2CCCNC2)ccc2c1OCCO2. The molecule has 1 saturated heterocycles. The van der Waals surface area contributed by atoms with E-state index in [1.54, 1.807) is 0 Å². The van der Waals surface area contributed by atoms with Crippen molar-refractivity contribution in [1.29, 1.82) is 0 Å². The van der Waals surface area contributed by atoms with Crippen molar-refractivity contribution in [2.24, 2.45) is 0 Å². The van der Waals surface area contributed by atoms with E-state index in [0.717, 1.165) is 31.0 Å². The Morgan fingerprint density at radius 1 is 1.28 bits per heavy atom. The maximum atomic E-state index is 5.83. The molecule has 0 spiro atoms. The van der Waals surface area contributed by atoms with E-state index in [2.05, 4.69) is 24.4 Å². The Balaban J connectivity index is 1.98. The molecule has 3 heteroatoms. The summed E-state index contributed by atoms with van der Waals surface area (Å²) in [6.45, 7) is 5.79. The predicted octanol–water partition coefficient (Wildman–Crippen LogP) is 2.49. The zero-order valence-corrected chi connectivity index (χ0v) is 11.0. The standard InChI is InChI=1S/C15H21NO2/c1-2-12-13(11-4-3-7-16-10-11)5-6-14-15(12)18-9-8-17-14/h5-6,11,16H,2-4,7-10H2,1H3. The number of nitrogens with one attached hydrogen (secondary N) is 1. The van der Waals surface area contributed by atoms with Crippen molar-refractivity contribution in [2.45, 2.75) is 32.1 Å². The summed E-state index contributed by atoms with van der Waals surface area (Å²) >= 11 is 0. The third-order valence-electron chi connectivity index (χ3n) is 3.94. The third-order valence-corrected chi connectivity index (χ3v) is 3.94. The molecule has 1 aromatic rings. The Morgan fingerprint density at radius 2 is 2.17 bits per heavy atom. The number of hydrogen-bond acceptors (Lipinski definition) is 3. The van der Waals surface area contributed by atoms with Gasteiger partial charge in [-0.1, -0.05) is 13.0 Å². The fraction of sp³-hybridized carbons (Fsp3) is 0.600. The highest BCUT2D eigenvalue weighted by molar-refractivity contribution is 5.52. The van der Waals surface area contributed by atoms with Crippen molar-refractivity contribution in [3.05, 3.63) is 23.3 Å². The molecule has 0 bridgehead atoms. The Labute approximate surface area is 108 Å². The predicted molar refractivity (Wildman–Crippen MR) is 71.7 cm³/mol. The molecule has 2 aliphatic rings. The molecule has 1 unspecified atom stereocenters. The van der Waals surface area contributed by atoms with E-state index in [1.165, 1.54) is 24.0 Å². The minimum Gasteiger partial charge on any atom is -0.486 e. The summed E-state index contributed by atoms with van der Waals surface area (Å²) < 4.78 is 11.5. The average Bonchev–Trinajstić information content (AvgIpc) is 2.47. The normalized spacial score (nSPS) is 22.8. The van der Waals surface area contributed by atoms with Crippen LogP contribution < -0.4 is 14.8 Å². The summed E-state index contributed by atoms with van der Waals surface area (Å²) in [5.74, 6) is 2.54. The van der Waals surface area contributed by atoms with Crippen molar-refractivity contribution in [3.63, 3.8) is 0 Å². The van der Waals surface area contributed by atoms with Crippen LogP contribution in [0.3, 0.4) is 0 Å². The van der Waals surface area contributed by atoms with Crippen molar-refractivity contribution in [2.75, 3.05) is 26.3 Å². The molecular formula is C15H21NO2. The number of ether oxygens (including phenoxy) is 2. The lowest BCUT2D eigenvalue weighted by Crippen LogP contribution is -2.29. The van der Waals surface area contributed by atoms with Gasteiger partial charge in [0, 0.05) is 12.1 Å². The topological polar surface area (TPSA) is 30.5 Å². The molecule has 0 amide bonds. The van der Waals surface area contributed by atoms with Gasteiger partial charge in [0.15, 0.2) is 11.5 Å². The van der Waals surface area contributed by atoms with Crippen LogP contribution in [0.2, 0.25) is 0 Å². The molecule has 3 nitrogen and oxygen atoms in total. The molecule has 1 atom stereocenters. The Kier molecular flexibility index (Phi) is 3.41. The van der Waals surface area contributed by atoms with Gasteiger partial charge in [0.2, 0.25) is 0 Å². The fourth-order valence-corrected chi connectivity index (χ4v) is 3.05. The highest BCUT2D eigenvalue weighted by Crippen LogP contribution is 2.40. The minimum atomic E-state index is 0.629. The third kappa shape index (κ3) is 2.07. The molecule has 98 valence electrons. The van der Waals surface area contributed by atoms with Crippen LogP contribution >= 0.6 is 0 Å². The molecule has 2 aliphatic heterocycles. The van der Waals surface area contributed by atoms with E-state index in [-0.39, 0.29) is 0 Å². The van der Waals surface area contributed by atoms with Gasteiger partial charge in [-0.3, -0.25) is 0 Å². The van der Waals surface area contributed by atoms with Gasteiger partial charge in [0.1, 0.15) is 13.2 Å². The van der Waals surface area contributed by atoms with Gasteiger partial charge in [-0.25, -0.2) is 0 Å². The summed E-state index contributed by atoms with van der Waals surface area (Å²) in [4.78, 5) is 0. The summed E-state index contributed by atoms with van der Waals surface area (Å²) in [6.07, 6.45) is 3.56. The maximum Gasteiger partial charge on any atom is 0.164 e. The highest BCUT2D eigenvalue weighted by atomic mass is 16.6. The van der Waals surface area contributed by atoms with Gasteiger partial charge < -0.3 is 14.8 Å². The van der Waals surface area contributed by atoms with Crippen LogP contribution in [0, 0.1) is 0 Å². The maximum absolute atomic E-state index is 5.83. The first-order chi connectivity index (χ1) is 8.90. The lowest BCUT2D eigenvalue weighted by molar-refractivity contribution is 0.169. The molecule has 1 fully saturated rings. The van der Waals surface area contributed by atoms with E-state index in [1.807, 2.05) is 0 Å². The number of benzene rings is 1. The first kappa shape index (κ1) is 11.8. The van der Waals surface area contributed by atoms with Crippen molar-refractivity contribution < 1.29 is 9.47 Å². The van der Waals surface area contributed by atoms with Crippen LogP contribution in [-0.2, 0) is 6.42 Å². The van der Waals surface area contributed by atoms with Gasteiger partial charge >= 0.3 is 0 Å². The highest BCUT2D eigenvalue weighted by Gasteiger charge is 2.23. The Bertz CT molecular complexity index is 425. The molecule has 1 aromatic carbocycles. The van der Waals surface area contributed by atoms with Crippen LogP contribution in [-0.4, -0.2) is 26.3 Å². The summed E-state index contributed by atoms with van der Waals surface area (Å²) in [6, 6.07) is 4.32. The Morgan fingerprint density at radius 3 is 2.94 bits per heavy atom. The molecule has 2 heterocycles. The van der Waals surface area contributed by atoms with Crippen LogP contribution in [0.5, 0.6) is 11.5 Å². The van der Waals surface area contributed by atoms with Crippen molar-refractivity contribution in [3.8, 4) is 11.5 Å². The largest absolute Gasteiger partial charge is 0.486 e. The monoisotopic (exact) mass is 247 g/mol. The van der Waals surface area contributed by atoms with Crippen LogP contribution in [0.1, 0.15) is 36.8 Å². The van der Waals surface area contributed by atoms with Gasteiger partial charge in [-0.15, -0.1) is 0 Å². The molecule has 0 aliphatic carbocycles. The molecule has 0 radical (unpaired) electrons. The quantitative estimate of drug-likeness (QED) is 0.871. The first-order valence-electron chi connectivity index (χ1n) is 7.02. The van der Waals surface area contributed by atoms with Crippen molar-refractivity contribution in [1.82, 2.24) is 5.32 Å². The van der Waals surface area contributed by atoms with Gasteiger partial charge in [-0.2, -0.15) is 0 Å². The molecule has 18 heavy (non-hydrogen) atoms. The second-order valence-corrected chi connectivity index (χ2v) is 5.05. The van der Waals surface area contributed by atoms with E-state index < -0.39 is 0 Å². The molecule has 0 saturated carbocycles. The smallest absolute Gasteiger partial charge is 0.164 e. The second-order valence-electron chi connectivity index (χ2n) is 5.05. The summed E-state index contributed by atoms with van der Waals surface area (Å²) in [5, 5.41) is 3.49. The average molecular weight is 247 g/mol. The molecule has 3 rings (SSSR count). The van der Waals surface area contributed by atoms with E-state index in [4.69, 9.17) is 9.47 Å². The number of fused-ring (bicyclic) bond motifs is 1. The lowest BCUT2D eigenvalue weighted by Gasteiger charge is -2.28. The molecular weight excluding hydrogens is 226 g/mol. The zero-order valence-electron chi connectivity index (χ0n) is 11.0. The molecule has 1 N–H and O–H groups in total. The first-order valence-corrected chi connectivity index (χ1v) is 7.02.